The normalized spacial score (nSPS) is 28.8. The minimum Gasteiger partial charge on any atom is -0.360 e. The topological polar surface area (TPSA) is 75.6 Å². The van der Waals surface area contributed by atoms with E-state index in [9.17, 15) is 9.59 Å². The highest BCUT2D eigenvalue weighted by Gasteiger charge is 2.67. The largest absolute Gasteiger partial charge is 0.360 e. The Morgan fingerprint density at radius 2 is 2.23 bits per heavy atom. The van der Waals surface area contributed by atoms with Crippen LogP contribution in [0.25, 0.3) is 0 Å². The van der Waals surface area contributed by atoms with Gasteiger partial charge >= 0.3 is 0 Å². The van der Waals surface area contributed by atoms with Crippen LogP contribution in [0.4, 0.5) is 0 Å². The molecule has 0 aliphatic carbocycles. The Hall–Kier alpha value is -3.06. The number of hydrogen-bond acceptors (Lipinski definition) is 5. The van der Waals surface area contributed by atoms with Crippen LogP contribution in [0.3, 0.4) is 0 Å². The van der Waals surface area contributed by atoms with Crippen LogP contribution in [0.2, 0.25) is 0 Å². The summed E-state index contributed by atoms with van der Waals surface area (Å²) < 4.78 is 6.23. The van der Waals surface area contributed by atoms with Crippen LogP contribution >= 0.6 is 0 Å². The van der Waals surface area contributed by atoms with E-state index in [1.165, 1.54) is 6.33 Å². The van der Waals surface area contributed by atoms with Crippen molar-refractivity contribution in [3.8, 4) is 0 Å². The fourth-order valence-electron chi connectivity index (χ4n) is 5.01. The van der Waals surface area contributed by atoms with Gasteiger partial charge in [0, 0.05) is 19.8 Å². The van der Waals surface area contributed by atoms with Crippen LogP contribution in [-0.2, 0) is 27.4 Å². The monoisotopic (exact) mass is 404 g/mol. The molecule has 1 aromatic carbocycles. The van der Waals surface area contributed by atoms with Gasteiger partial charge in [0.2, 0.25) is 11.8 Å². The van der Waals surface area contributed by atoms with Gasteiger partial charge in [-0.15, -0.1) is 0 Å². The predicted octanol–water partition coefficient (Wildman–Crippen LogP) is 1.73. The van der Waals surface area contributed by atoms with Crippen molar-refractivity contribution in [1.82, 2.24) is 19.8 Å². The lowest BCUT2D eigenvalue weighted by Gasteiger charge is -2.27. The molecule has 2 saturated heterocycles. The van der Waals surface area contributed by atoms with Crippen LogP contribution in [0.15, 0.2) is 55.0 Å². The number of nitrogens with zero attached hydrogens (tertiary/aromatic N) is 4. The van der Waals surface area contributed by atoms with Gasteiger partial charge in [-0.3, -0.25) is 9.59 Å². The molecule has 2 bridgehead atoms. The molecule has 1 aromatic heterocycles. The summed E-state index contributed by atoms with van der Waals surface area (Å²) in [6.45, 7) is 3.42. The van der Waals surface area contributed by atoms with Crippen molar-refractivity contribution in [1.29, 1.82) is 0 Å². The summed E-state index contributed by atoms with van der Waals surface area (Å²) >= 11 is 0. The van der Waals surface area contributed by atoms with E-state index in [0.717, 1.165) is 16.8 Å². The summed E-state index contributed by atoms with van der Waals surface area (Å²) in [5.74, 6) is -1.06. The molecule has 2 aromatic rings. The Morgan fingerprint density at radius 1 is 1.37 bits per heavy atom. The summed E-state index contributed by atoms with van der Waals surface area (Å²) in [7, 11) is 1.75. The maximum Gasteiger partial charge on any atom is 0.230 e. The molecule has 0 saturated carbocycles. The van der Waals surface area contributed by atoms with E-state index in [-0.39, 0.29) is 17.9 Å². The van der Waals surface area contributed by atoms with Crippen molar-refractivity contribution < 1.29 is 14.3 Å². The number of aryl methyl sites for hydroxylation is 1. The van der Waals surface area contributed by atoms with Crippen LogP contribution in [0.1, 0.15) is 16.8 Å². The number of hydrogen-bond donors (Lipinski definition) is 0. The van der Waals surface area contributed by atoms with Gasteiger partial charge in [-0.1, -0.05) is 42.0 Å². The number of aromatic nitrogens is 2. The van der Waals surface area contributed by atoms with E-state index in [1.807, 2.05) is 42.2 Å². The Kier molecular flexibility index (Phi) is 4.43. The van der Waals surface area contributed by atoms with Gasteiger partial charge in [0.1, 0.15) is 11.9 Å². The molecular weight excluding hydrogens is 380 g/mol. The van der Waals surface area contributed by atoms with Gasteiger partial charge in [-0.05, 0) is 18.6 Å². The molecule has 3 aliphatic rings. The molecule has 4 atom stereocenters. The van der Waals surface area contributed by atoms with Crippen LogP contribution in [0.5, 0.6) is 0 Å². The fourth-order valence-corrected chi connectivity index (χ4v) is 5.01. The lowest BCUT2D eigenvalue weighted by atomic mass is 9.76. The number of amides is 2. The number of likely N-dealkylation sites (tertiary alicyclic amines) is 1. The Morgan fingerprint density at radius 3 is 3.00 bits per heavy atom. The number of fused-ring (bicyclic) bond motifs is 1. The van der Waals surface area contributed by atoms with E-state index >= 15 is 0 Å². The molecule has 0 unspecified atom stereocenters. The molecule has 3 aliphatic heterocycles. The zero-order valence-electron chi connectivity index (χ0n) is 17.1. The lowest BCUT2D eigenvalue weighted by molar-refractivity contribution is -0.142. The van der Waals surface area contributed by atoms with E-state index in [0.29, 0.717) is 19.6 Å². The van der Waals surface area contributed by atoms with E-state index in [1.54, 1.807) is 24.2 Å². The minimum atomic E-state index is -0.693. The molecule has 154 valence electrons. The molecule has 7 heteroatoms. The molecule has 30 heavy (non-hydrogen) atoms. The Bertz CT molecular complexity index is 1020. The number of carbonyl (C=O) groups is 2. The second-order valence-corrected chi connectivity index (χ2v) is 8.48. The van der Waals surface area contributed by atoms with Crippen molar-refractivity contribution in [2.45, 2.75) is 31.7 Å². The van der Waals surface area contributed by atoms with E-state index in [2.05, 4.69) is 16.0 Å². The van der Waals surface area contributed by atoms with Crippen molar-refractivity contribution in [3.05, 3.63) is 71.8 Å². The quantitative estimate of drug-likeness (QED) is 0.710. The molecule has 1 spiro atoms. The number of benzene rings is 1. The van der Waals surface area contributed by atoms with Gasteiger partial charge in [0.15, 0.2) is 0 Å². The molecule has 2 fully saturated rings. The summed E-state index contributed by atoms with van der Waals surface area (Å²) in [6, 6.07) is 9.94. The zero-order valence-corrected chi connectivity index (χ0v) is 17.1. The standard InChI is InChI=1S/C23H24N4O3/c1-15-4-3-5-16(10-15)11-27-13-23-8-6-18(30-23)19(20(23)22(27)29)21(28)26(2)12-17-7-9-24-14-25-17/h3-10,14,18-20H,11-13H2,1-2H3/t18-,19+,20+,23-/m0/s1. The SMILES string of the molecule is Cc1cccc(CN2C[C@]34C=C[C@H](O3)[C@@H](C(=O)N(C)Cc3ccncn3)[C@@H]4C2=O)c1. The molecule has 7 nitrogen and oxygen atoms in total. The van der Waals surface area contributed by atoms with Gasteiger partial charge in [0.25, 0.3) is 0 Å². The third-order valence-corrected chi connectivity index (χ3v) is 6.34. The second kappa shape index (κ2) is 7.02. The molecule has 5 rings (SSSR count). The number of ether oxygens (including phenoxy) is 1. The first-order chi connectivity index (χ1) is 14.5. The second-order valence-electron chi connectivity index (χ2n) is 8.48. The highest BCUT2D eigenvalue weighted by atomic mass is 16.5. The predicted molar refractivity (Wildman–Crippen MR) is 109 cm³/mol. The molecule has 4 heterocycles. The van der Waals surface area contributed by atoms with Gasteiger partial charge in [0.05, 0.1) is 36.7 Å². The molecular formula is C23H24N4O3. The van der Waals surface area contributed by atoms with Crippen molar-refractivity contribution in [3.63, 3.8) is 0 Å². The van der Waals surface area contributed by atoms with E-state index < -0.39 is 17.4 Å². The Labute approximate surface area is 175 Å². The molecule has 0 radical (unpaired) electrons. The van der Waals surface area contributed by atoms with Crippen molar-refractivity contribution in [2.24, 2.45) is 11.8 Å². The summed E-state index contributed by atoms with van der Waals surface area (Å²) in [5.41, 5.74) is 2.31. The minimum absolute atomic E-state index is 0.00265. The van der Waals surface area contributed by atoms with Crippen molar-refractivity contribution in [2.75, 3.05) is 13.6 Å². The van der Waals surface area contributed by atoms with Gasteiger partial charge < -0.3 is 14.5 Å². The highest BCUT2D eigenvalue weighted by Crippen LogP contribution is 2.52. The fraction of sp³-hybridized carbons (Fsp3) is 0.391. The first kappa shape index (κ1) is 18.9. The van der Waals surface area contributed by atoms with Crippen molar-refractivity contribution >= 4 is 11.8 Å². The summed E-state index contributed by atoms with van der Waals surface area (Å²) in [4.78, 5) is 38.3. The van der Waals surface area contributed by atoms with Crippen LogP contribution in [0, 0.1) is 18.8 Å². The van der Waals surface area contributed by atoms with Gasteiger partial charge in [-0.25, -0.2) is 9.97 Å². The third-order valence-electron chi connectivity index (χ3n) is 6.34. The number of rotatable bonds is 5. The smallest absolute Gasteiger partial charge is 0.230 e. The average molecular weight is 404 g/mol. The van der Waals surface area contributed by atoms with Crippen LogP contribution in [-0.4, -0.2) is 56.9 Å². The van der Waals surface area contributed by atoms with Gasteiger partial charge in [-0.2, -0.15) is 0 Å². The first-order valence-electron chi connectivity index (χ1n) is 10.2. The lowest BCUT2D eigenvalue weighted by Crippen LogP contribution is -2.44. The summed E-state index contributed by atoms with van der Waals surface area (Å²) in [5, 5.41) is 0. The summed E-state index contributed by atoms with van der Waals surface area (Å²) in [6.07, 6.45) is 6.71. The Balaban J connectivity index is 1.36. The third kappa shape index (κ3) is 3.01. The first-order valence-corrected chi connectivity index (χ1v) is 10.2. The number of carbonyl (C=O) groups excluding carboxylic acids is 2. The maximum absolute atomic E-state index is 13.4. The van der Waals surface area contributed by atoms with E-state index in [4.69, 9.17) is 4.74 Å². The average Bonchev–Trinajstić information content (AvgIpc) is 3.37. The zero-order chi connectivity index (χ0) is 20.9. The maximum atomic E-state index is 13.4. The molecule has 0 N–H and O–H groups in total. The van der Waals surface area contributed by atoms with Crippen LogP contribution < -0.4 is 0 Å². The highest BCUT2D eigenvalue weighted by molar-refractivity contribution is 5.93. The molecule has 2 amide bonds.